The van der Waals surface area contributed by atoms with Crippen molar-refractivity contribution in [2.75, 3.05) is 14.2 Å². The number of ketones is 1. The van der Waals surface area contributed by atoms with Crippen molar-refractivity contribution in [1.29, 1.82) is 0 Å². The van der Waals surface area contributed by atoms with Crippen LogP contribution in [0, 0.1) is 0 Å². The van der Waals surface area contributed by atoms with Gasteiger partial charge in [0.1, 0.15) is 0 Å². The highest BCUT2D eigenvalue weighted by atomic mass is 16.5. The van der Waals surface area contributed by atoms with Gasteiger partial charge < -0.3 is 19.9 Å². The number of amides is 1. The molecule has 0 aliphatic rings. The van der Waals surface area contributed by atoms with Crippen LogP contribution in [0.2, 0.25) is 0 Å². The predicted octanol–water partition coefficient (Wildman–Crippen LogP) is 1.95. The van der Waals surface area contributed by atoms with Crippen LogP contribution in [0.5, 0.6) is 17.2 Å². The van der Waals surface area contributed by atoms with Gasteiger partial charge >= 0.3 is 0 Å². The van der Waals surface area contributed by atoms with Gasteiger partial charge in [-0.3, -0.25) is 9.59 Å². The Labute approximate surface area is 157 Å². The van der Waals surface area contributed by atoms with Gasteiger partial charge in [-0.15, -0.1) is 0 Å². The highest BCUT2D eigenvalue weighted by molar-refractivity contribution is 6.01. The molecule has 1 aromatic carbocycles. The van der Waals surface area contributed by atoms with Crippen LogP contribution < -0.4 is 19.9 Å². The number of Topliss-reactive ketones (excluding diaryl/α,β-unsaturated/α-hetero) is 1. The Morgan fingerprint density at radius 1 is 1.15 bits per heavy atom. The van der Waals surface area contributed by atoms with Gasteiger partial charge in [0.2, 0.25) is 5.75 Å². The first kappa shape index (κ1) is 20.2. The van der Waals surface area contributed by atoms with E-state index < -0.39 is 12.0 Å². The first-order chi connectivity index (χ1) is 13.0. The molecule has 8 heteroatoms. The Bertz CT molecular complexity index is 795. The zero-order valence-corrected chi connectivity index (χ0v) is 15.6. The van der Waals surface area contributed by atoms with Crippen LogP contribution in [-0.4, -0.2) is 42.2 Å². The normalized spacial score (nSPS) is 11.5. The minimum atomic E-state index is -0.890. The van der Waals surface area contributed by atoms with E-state index in [-0.39, 0.29) is 29.3 Å². The van der Waals surface area contributed by atoms with Gasteiger partial charge in [-0.2, -0.15) is 10.2 Å². The third-order valence-corrected chi connectivity index (χ3v) is 3.90. The molecule has 0 aliphatic heterocycles. The van der Waals surface area contributed by atoms with Gasteiger partial charge in [-0.25, -0.2) is 0 Å². The molecule has 1 atom stereocenters. The Morgan fingerprint density at radius 3 is 2.48 bits per heavy atom. The second-order valence-electron chi connectivity index (χ2n) is 5.79. The lowest BCUT2D eigenvalue weighted by Gasteiger charge is -2.21. The molecule has 2 aromatic rings. The molecule has 27 heavy (non-hydrogen) atoms. The molecule has 0 saturated carbocycles. The molecule has 0 saturated heterocycles. The molecule has 0 fully saturated rings. The molecule has 0 spiro atoms. The van der Waals surface area contributed by atoms with Crippen molar-refractivity contribution in [3.05, 3.63) is 41.7 Å². The lowest BCUT2D eigenvalue weighted by molar-refractivity contribution is -0.125. The minimum absolute atomic E-state index is 0.0225. The summed E-state index contributed by atoms with van der Waals surface area (Å²) in [6.45, 7) is 1.91. The molecule has 144 valence electrons. The first-order valence-electron chi connectivity index (χ1n) is 8.52. The van der Waals surface area contributed by atoms with Crippen molar-refractivity contribution in [3.8, 4) is 17.2 Å². The number of hydrogen-bond donors (Lipinski definition) is 1. The van der Waals surface area contributed by atoms with E-state index in [1.165, 1.54) is 20.4 Å². The zero-order valence-electron chi connectivity index (χ0n) is 15.6. The fourth-order valence-electron chi connectivity index (χ4n) is 2.59. The van der Waals surface area contributed by atoms with Gasteiger partial charge in [0.15, 0.2) is 23.4 Å². The van der Waals surface area contributed by atoms with Crippen molar-refractivity contribution in [1.82, 2.24) is 10.2 Å². The molecule has 1 heterocycles. The van der Waals surface area contributed by atoms with E-state index in [0.29, 0.717) is 24.3 Å². The fraction of sp³-hybridized carbons (Fsp3) is 0.368. The summed E-state index contributed by atoms with van der Waals surface area (Å²) in [4.78, 5) is 24.6. The number of primary amides is 1. The molecule has 1 unspecified atom stereocenters. The largest absolute Gasteiger partial charge is 0.493 e. The smallest absolute Gasteiger partial charge is 0.258 e. The number of nitrogens with zero attached hydrogens (tertiary/aromatic N) is 2. The van der Waals surface area contributed by atoms with Crippen LogP contribution in [0.15, 0.2) is 30.5 Å². The topological polar surface area (TPSA) is 114 Å². The summed E-state index contributed by atoms with van der Waals surface area (Å²) in [5, 5.41) is 7.70. The van der Waals surface area contributed by atoms with E-state index in [2.05, 4.69) is 10.2 Å². The molecule has 1 amide bonds. The maximum Gasteiger partial charge on any atom is 0.258 e. The van der Waals surface area contributed by atoms with Gasteiger partial charge in [-0.05, 0) is 30.7 Å². The van der Waals surface area contributed by atoms with E-state index in [0.717, 1.165) is 0 Å². The number of rotatable bonds is 10. The van der Waals surface area contributed by atoms with Crippen LogP contribution >= 0.6 is 0 Å². The molecule has 1 aromatic heterocycles. The molecule has 8 nitrogen and oxygen atoms in total. The molecule has 2 N–H and O–H groups in total. The van der Waals surface area contributed by atoms with Gasteiger partial charge in [-0.1, -0.05) is 13.3 Å². The fourth-order valence-corrected chi connectivity index (χ4v) is 2.59. The van der Waals surface area contributed by atoms with Crippen molar-refractivity contribution in [2.24, 2.45) is 5.73 Å². The average Bonchev–Trinajstić information content (AvgIpc) is 2.67. The Hall–Kier alpha value is -3.16. The van der Waals surface area contributed by atoms with E-state index in [9.17, 15) is 9.59 Å². The standard InChI is InChI=1S/C19H23N3O5/c1-4-6-16(19(20)24)27-17-13(8-9-15(25-2)18(17)26-3)14(23)11-12-7-5-10-21-22-12/h5,7-10,16H,4,6,11H2,1-3H3,(H2,20,24). The van der Waals surface area contributed by atoms with Gasteiger partial charge in [0.05, 0.1) is 31.9 Å². The summed E-state index contributed by atoms with van der Waals surface area (Å²) in [5.74, 6) is -0.142. The number of carbonyl (C=O) groups excluding carboxylic acids is 2. The monoisotopic (exact) mass is 373 g/mol. The number of nitrogens with two attached hydrogens (primary N) is 1. The quantitative estimate of drug-likeness (QED) is 0.633. The summed E-state index contributed by atoms with van der Waals surface area (Å²) >= 11 is 0. The summed E-state index contributed by atoms with van der Waals surface area (Å²) in [7, 11) is 2.90. The van der Waals surface area contributed by atoms with E-state index in [1.54, 1.807) is 24.3 Å². The molecule has 0 bridgehead atoms. The average molecular weight is 373 g/mol. The second-order valence-corrected chi connectivity index (χ2v) is 5.79. The number of carbonyl (C=O) groups is 2. The van der Waals surface area contributed by atoms with Gasteiger partial charge in [0.25, 0.3) is 5.91 Å². The van der Waals surface area contributed by atoms with Crippen LogP contribution in [-0.2, 0) is 11.2 Å². The molecule has 0 aliphatic carbocycles. The van der Waals surface area contributed by atoms with Crippen LogP contribution in [0.1, 0.15) is 35.8 Å². The Kier molecular flexibility index (Phi) is 7.10. The third-order valence-electron chi connectivity index (χ3n) is 3.90. The van der Waals surface area contributed by atoms with Crippen LogP contribution in [0.25, 0.3) is 0 Å². The number of methoxy groups -OCH3 is 2. The van der Waals surface area contributed by atoms with Gasteiger partial charge in [0, 0.05) is 6.20 Å². The van der Waals surface area contributed by atoms with Crippen molar-refractivity contribution >= 4 is 11.7 Å². The van der Waals surface area contributed by atoms with E-state index in [4.69, 9.17) is 19.9 Å². The zero-order chi connectivity index (χ0) is 19.8. The summed E-state index contributed by atoms with van der Waals surface area (Å²) < 4.78 is 16.5. The van der Waals surface area contributed by atoms with Crippen molar-refractivity contribution in [3.63, 3.8) is 0 Å². The predicted molar refractivity (Wildman–Crippen MR) is 98.1 cm³/mol. The molecule has 2 rings (SSSR count). The van der Waals surface area contributed by atoms with E-state index >= 15 is 0 Å². The molecular weight excluding hydrogens is 350 g/mol. The Balaban J connectivity index is 2.46. The number of hydrogen-bond acceptors (Lipinski definition) is 7. The van der Waals surface area contributed by atoms with Crippen molar-refractivity contribution < 1.29 is 23.8 Å². The number of ether oxygens (including phenoxy) is 3. The third kappa shape index (κ3) is 4.93. The Morgan fingerprint density at radius 2 is 1.93 bits per heavy atom. The second kappa shape index (κ2) is 9.51. The maximum absolute atomic E-state index is 12.9. The van der Waals surface area contributed by atoms with Crippen molar-refractivity contribution in [2.45, 2.75) is 32.3 Å². The SMILES string of the molecule is CCCC(Oc1c(C(=O)Cc2cccnn2)ccc(OC)c1OC)C(N)=O. The summed E-state index contributed by atoms with van der Waals surface area (Å²) in [6.07, 6.45) is 1.76. The molecule has 0 radical (unpaired) electrons. The number of aromatic nitrogens is 2. The summed E-state index contributed by atoms with van der Waals surface area (Å²) in [6, 6.07) is 6.58. The van der Waals surface area contributed by atoms with Crippen LogP contribution in [0.3, 0.4) is 0 Å². The maximum atomic E-state index is 12.9. The highest BCUT2D eigenvalue weighted by Crippen LogP contribution is 2.41. The highest BCUT2D eigenvalue weighted by Gasteiger charge is 2.26. The van der Waals surface area contributed by atoms with Crippen LogP contribution in [0.4, 0.5) is 0 Å². The number of benzene rings is 1. The lowest BCUT2D eigenvalue weighted by Crippen LogP contribution is -2.34. The minimum Gasteiger partial charge on any atom is -0.493 e. The first-order valence-corrected chi connectivity index (χ1v) is 8.52. The summed E-state index contributed by atoms with van der Waals surface area (Å²) in [5.41, 5.74) is 6.21. The molecular formula is C19H23N3O5. The lowest BCUT2D eigenvalue weighted by atomic mass is 10.0. The van der Waals surface area contributed by atoms with E-state index in [1.807, 2.05) is 6.92 Å².